The van der Waals surface area contributed by atoms with Crippen LogP contribution in [0.15, 0.2) is 22.7 Å². The predicted molar refractivity (Wildman–Crippen MR) is 52.7 cm³/mol. The minimum atomic E-state index is -0.898. The molecular weight excluding hydrogens is 237 g/mol. The van der Waals surface area contributed by atoms with E-state index >= 15 is 0 Å². The van der Waals surface area contributed by atoms with E-state index in [1.54, 1.807) is 13.0 Å². The SMILES string of the molecule is C[C@](N)(CO)c1cc(F)cc(Br)c1. The highest BCUT2D eigenvalue weighted by atomic mass is 79.9. The molecule has 0 bridgehead atoms. The summed E-state index contributed by atoms with van der Waals surface area (Å²) >= 11 is 3.16. The van der Waals surface area contributed by atoms with Crippen molar-refractivity contribution < 1.29 is 9.50 Å². The van der Waals surface area contributed by atoms with Crippen LogP contribution in [-0.2, 0) is 5.54 Å². The van der Waals surface area contributed by atoms with Gasteiger partial charge in [-0.2, -0.15) is 0 Å². The normalized spacial score (nSPS) is 15.5. The Hall–Kier alpha value is -0.450. The summed E-state index contributed by atoms with van der Waals surface area (Å²) in [6, 6.07) is 4.36. The standard InChI is InChI=1S/C9H11BrFNO/c1-9(12,5-13)6-2-7(10)4-8(11)3-6/h2-4,13H,5,12H2,1H3/t9-/m0/s1. The van der Waals surface area contributed by atoms with Gasteiger partial charge in [0.1, 0.15) is 5.82 Å². The van der Waals surface area contributed by atoms with Crippen LogP contribution in [0.2, 0.25) is 0 Å². The Labute approximate surface area is 84.7 Å². The van der Waals surface area contributed by atoms with Gasteiger partial charge in [0.15, 0.2) is 0 Å². The lowest BCUT2D eigenvalue weighted by Crippen LogP contribution is -2.37. The molecular formula is C9H11BrFNO. The molecule has 1 atom stereocenters. The van der Waals surface area contributed by atoms with Crippen molar-refractivity contribution in [1.82, 2.24) is 0 Å². The van der Waals surface area contributed by atoms with Crippen LogP contribution in [0.1, 0.15) is 12.5 Å². The molecule has 0 radical (unpaired) electrons. The van der Waals surface area contributed by atoms with E-state index in [9.17, 15) is 4.39 Å². The first-order valence-corrected chi connectivity index (χ1v) is 4.61. The molecule has 0 aliphatic rings. The second-order valence-corrected chi connectivity index (χ2v) is 4.15. The minimum absolute atomic E-state index is 0.219. The lowest BCUT2D eigenvalue weighted by Gasteiger charge is -2.22. The number of aliphatic hydroxyl groups excluding tert-OH is 1. The molecule has 13 heavy (non-hydrogen) atoms. The van der Waals surface area contributed by atoms with Crippen LogP contribution in [0, 0.1) is 5.82 Å². The maximum absolute atomic E-state index is 12.9. The summed E-state index contributed by atoms with van der Waals surface area (Å²) < 4.78 is 13.5. The third-order valence-corrected chi connectivity index (χ3v) is 2.31. The fourth-order valence-electron chi connectivity index (χ4n) is 0.975. The zero-order valence-corrected chi connectivity index (χ0v) is 8.81. The topological polar surface area (TPSA) is 46.2 Å². The zero-order chi connectivity index (χ0) is 10.1. The smallest absolute Gasteiger partial charge is 0.124 e. The highest BCUT2D eigenvalue weighted by Gasteiger charge is 2.20. The molecule has 0 aromatic heterocycles. The Balaban J connectivity index is 3.15. The van der Waals surface area contributed by atoms with Gasteiger partial charge in [0, 0.05) is 4.47 Å². The van der Waals surface area contributed by atoms with Crippen molar-refractivity contribution in [2.45, 2.75) is 12.5 Å². The first-order chi connectivity index (χ1) is 5.95. The maximum Gasteiger partial charge on any atom is 0.124 e. The van der Waals surface area contributed by atoms with Crippen molar-refractivity contribution >= 4 is 15.9 Å². The minimum Gasteiger partial charge on any atom is -0.394 e. The molecule has 0 amide bonds. The number of rotatable bonds is 2. The van der Waals surface area contributed by atoms with Gasteiger partial charge in [-0.1, -0.05) is 15.9 Å². The summed E-state index contributed by atoms with van der Waals surface area (Å²) in [6.45, 7) is 1.43. The Morgan fingerprint density at radius 3 is 2.62 bits per heavy atom. The van der Waals surface area contributed by atoms with Crippen molar-refractivity contribution in [2.24, 2.45) is 5.73 Å². The molecule has 0 unspecified atom stereocenters. The zero-order valence-electron chi connectivity index (χ0n) is 7.22. The average molecular weight is 248 g/mol. The summed E-state index contributed by atoms with van der Waals surface area (Å²) in [7, 11) is 0. The van der Waals surface area contributed by atoms with Gasteiger partial charge >= 0.3 is 0 Å². The van der Waals surface area contributed by atoms with E-state index in [1.165, 1.54) is 12.1 Å². The molecule has 0 saturated heterocycles. The number of hydrogen-bond donors (Lipinski definition) is 2. The van der Waals surface area contributed by atoms with Crippen molar-refractivity contribution in [3.8, 4) is 0 Å². The fraction of sp³-hybridized carbons (Fsp3) is 0.333. The molecule has 0 aliphatic heterocycles. The van der Waals surface area contributed by atoms with E-state index in [1.807, 2.05) is 0 Å². The third-order valence-electron chi connectivity index (χ3n) is 1.85. The largest absolute Gasteiger partial charge is 0.394 e. The molecule has 0 heterocycles. The monoisotopic (exact) mass is 247 g/mol. The molecule has 3 N–H and O–H groups in total. The molecule has 0 aliphatic carbocycles. The molecule has 2 nitrogen and oxygen atoms in total. The Bertz CT molecular complexity index is 294. The maximum atomic E-state index is 12.9. The van der Waals surface area contributed by atoms with Gasteiger partial charge in [0.2, 0.25) is 0 Å². The summed E-state index contributed by atoms with van der Waals surface area (Å²) in [6.07, 6.45) is 0. The average Bonchev–Trinajstić information content (AvgIpc) is 2.02. The van der Waals surface area contributed by atoms with Gasteiger partial charge in [0.05, 0.1) is 12.1 Å². The van der Waals surface area contributed by atoms with Crippen molar-refractivity contribution in [2.75, 3.05) is 6.61 Å². The Morgan fingerprint density at radius 2 is 2.15 bits per heavy atom. The number of hydrogen-bond acceptors (Lipinski definition) is 2. The van der Waals surface area contributed by atoms with Gasteiger partial charge in [-0.25, -0.2) is 4.39 Å². The van der Waals surface area contributed by atoms with Gasteiger partial charge in [0.25, 0.3) is 0 Å². The Morgan fingerprint density at radius 1 is 1.54 bits per heavy atom. The highest BCUT2D eigenvalue weighted by molar-refractivity contribution is 9.10. The summed E-state index contributed by atoms with van der Waals surface area (Å²) in [5, 5.41) is 8.97. The lowest BCUT2D eigenvalue weighted by atomic mass is 9.94. The van der Waals surface area contributed by atoms with Gasteiger partial charge < -0.3 is 10.8 Å². The molecule has 4 heteroatoms. The Kier molecular flexibility index (Phi) is 3.05. The molecule has 0 fully saturated rings. The van der Waals surface area contributed by atoms with Gasteiger partial charge in [-0.15, -0.1) is 0 Å². The quantitative estimate of drug-likeness (QED) is 0.837. The summed E-state index contributed by atoms with van der Waals surface area (Å²) in [5.41, 5.74) is 5.41. The van der Waals surface area contributed by atoms with Crippen LogP contribution in [0.3, 0.4) is 0 Å². The van der Waals surface area contributed by atoms with Crippen molar-refractivity contribution in [3.05, 3.63) is 34.1 Å². The van der Waals surface area contributed by atoms with Crippen LogP contribution in [0.25, 0.3) is 0 Å². The van der Waals surface area contributed by atoms with E-state index in [2.05, 4.69) is 15.9 Å². The molecule has 1 rings (SSSR count). The van der Waals surface area contributed by atoms with Crippen molar-refractivity contribution in [1.29, 1.82) is 0 Å². The van der Waals surface area contributed by atoms with E-state index in [4.69, 9.17) is 10.8 Å². The molecule has 1 aromatic carbocycles. The molecule has 0 spiro atoms. The van der Waals surface area contributed by atoms with E-state index in [0.29, 0.717) is 10.0 Å². The van der Waals surface area contributed by atoms with Crippen LogP contribution in [0.4, 0.5) is 4.39 Å². The van der Waals surface area contributed by atoms with E-state index in [-0.39, 0.29) is 12.4 Å². The number of aliphatic hydroxyl groups is 1. The number of nitrogens with two attached hydrogens (primary N) is 1. The molecule has 72 valence electrons. The second kappa shape index (κ2) is 3.74. The number of halogens is 2. The molecule has 1 aromatic rings. The fourth-order valence-corrected chi connectivity index (χ4v) is 1.44. The van der Waals surface area contributed by atoms with Crippen LogP contribution < -0.4 is 5.73 Å². The van der Waals surface area contributed by atoms with Gasteiger partial charge in [-0.05, 0) is 30.7 Å². The number of benzene rings is 1. The van der Waals surface area contributed by atoms with E-state index < -0.39 is 5.54 Å². The van der Waals surface area contributed by atoms with E-state index in [0.717, 1.165) is 0 Å². The third kappa shape index (κ3) is 2.49. The first-order valence-electron chi connectivity index (χ1n) is 3.82. The van der Waals surface area contributed by atoms with Crippen LogP contribution >= 0.6 is 15.9 Å². The van der Waals surface area contributed by atoms with Gasteiger partial charge in [-0.3, -0.25) is 0 Å². The summed E-state index contributed by atoms with van der Waals surface area (Å²) in [5.74, 6) is -0.366. The lowest BCUT2D eigenvalue weighted by molar-refractivity contribution is 0.209. The second-order valence-electron chi connectivity index (χ2n) is 3.23. The van der Waals surface area contributed by atoms with Crippen LogP contribution in [-0.4, -0.2) is 11.7 Å². The first kappa shape index (κ1) is 10.6. The highest BCUT2D eigenvalue weighted by Crippen LogP contribution is 2.22. The molecule has 0 saturated carbocycles. The summed E-state index contributed by atoms with van der Waals surface area (Å²) in [4.78, 5) is 0. The predicted octanol–water partition coefficient (Wildman–Crippen LogP) is 1.75. The van der Waals surface area contributed by atoms with Crippen molar-refractivity contribution in [3.63, 3.8) is 0 Å². The van der Waals surface area contributed by atoms with Crippen LogP contribution in [0.5, 0.6) is 0 Å².